The fourth-order valence-corrected chi connectivity index (χ4v) is 8.62. The molecule has 6 heteroatoms. The lowest BCUT2D eigenvalue weighted by Gasteiger charge is -2.18. The van der Waals surface area contributed by atoms with E-state index < -0.39 is 6.10 Å². The molecule has 0 bridgehead atoms. The number of esters is 3. The Morgan fingerprint density at radius 3 is 0.645 bits per heavy atom. The molecule has 0 aliphatic carbocycles. The smallest absolute Gasteiger partial charge is 0.306 e. The molecule has 0 aromatic carbocycles. The summed E-state index contributed by atoms with van der Waals surface area (Å²) in [6.45, 7) is 6.69. The molecule has 0 spiro atoms. The quantitative estimate of drug-likeness (QED) is 0.0344. The highest BCUT2D eigenvalue weighted by molar-refractivity contribution is 5.71. The maximum Gasteiger partial charge on any atom is 0.306 e. The molecule has 0 aromatic rings. The minimum atomic E-state index is -0.760. The zero-order valence-electron chi connectivity index (χ0n) is 42.2. The summed E-state index contributed by atoms with van der Waals surface area (Å²) >= 11 is 0. The van der Waals surface area contributed by atoms with Crippen molar-refractivity contribution >= 4 is 17.9 Å². The van der Waals surface area contributed by atoms with Gasteiger partial charge in [0.15, 0.2) is 6.10 Å². The molecule has 0 saturated carbocycles. The first kappa shape index (κ1) is 60.4. The van der Waals surface area contributed by atoms with Gasteiger partial charge in [-0.2, -0.15) is 0 Å². The van der Waals surface area contributed by atoms with Crippen molar-refractivity contribution in [2.24, 2.45) is 0 Å². The van der Waals surface area contributed by atoms with E-state index in [0.717, 1.165) is 57.8 Å². The number of rotatable bonds is 52. The highest BCUT2D eigenvalue weighted by atomic mass is 16.6. The number of carbonyl (C=O) groups excluding carboxylic acids is 3. The number of unbranched alkanes of at least 4 members (excludes halogenated alkanes) is 41. The third kappa shape index (κ3) is 49.4. The van der Waals surface area contributed by atoms with Gasteiger partial charge in [-0.15, -0.1) is 0 Å². The number of carbonyl (C=O) groups is 3. The second-order valence-electron chi connectivity index (χ2n) is 19.2. The van der Waals surface area contributed by atoms with Gasteiger partial charge in [0.05, 0.1) is 0 Å². The Labute approximate surface area is 387 Å². The predicted molar refractivity (Wildman–Crippen MR) is 266 cm³/mol. The SMILES string of the molecule is CCCCCCCCCCCCCCCCCCCCC(=O)OCC(COC(=O)CCCCCCCCCCCC)OC(=O)CCCCCCCCCCCCCCCCCC. The van der Waals surface area contributed by atoms with Crippen LogP contribution in [0.15, 0.2) is 0 Å². The Balaban J connectivity index is 4.24. The molecule has 0 amide bonds. The molecule has 368 valence electrons. The van der Waals surface area contributed by atoms with E-state index in [1.165, 1.54) is 225 Å². The van der Waals surface area contributed by atoms with E-state index in [1.54, 1.807) is 0 Å². The Kier molecular flexibility index (Phi) is 50.7. The number of ether oxygens (including phenoxy) is 3. The minimum absolute atomic E-state index is 0.0614. The molecule has 0 radical (unpaired) electrons. The molecule has 0 aromatic heterocycles. The zero-order chi connectivity index (χ0) is 45.1. The van der Waals surface area contributed by atoms with Crippen molar-refractivity contribution in [3.05, 3.63) is 0 Å². The summed E-state index contributed by atoms with van der Waals surface area (Å²) in [5, 5.41) is 0. The largest absolute Gasteiger partial charge is 0.462 e. The maximum absolute atomic E-state index is 12.8. The highest BCUT2D eigenvalue weighted by Gasteiger charge is 2.19. The Morgan fingerprint density at radius 1 is 0.258 bits per heavy atom. The Bertz CT molecular complexity index is 920. The van der Waals surface area contributed by atoms with Crippen LogP contribution in [0, 0.1) is 0 Å². The molecule has 0 fully saturated rings. The molecular weight excluding hydrogens is 769 g/mol. The summed E-state index contributed by atoms with van der Waals surface area (Å²) in [5.41, 5.74) is 0. The second kappa shape index (κ2) is 52.0. The van der Waals surface area contributed by atoms with Gasteiger partial charge < -0.3 is 14.2 Å². The number of hydrogen-bond donors (Lipinski definition) is 0. The molecule has 0 saturated heterocycles. The third-order valence-electron chi connectivity index (χ3n) is 12.9. The molecule has 1 unspecified atom stereocenters. The van der Waals surface area contributed by atoms with Crippen LogP contribution in [0.2, 0.25) is 0 Å². The van der Waals surface area contributed by atoms with E-state index in [4.69, 9.17) is 14.2 Å². The van der Waals surface area contributed by atoms with Gasteiger partial charge in [0.1, 0.15) is 13.2 Å². The van der Waals surface area contributed by atoms with Crippen molar-refractivity contribution in [1.29, 1.82) is 0 Å². The molecule has 0 rings (SSSR count). The fourth-order valence-electron chi connectivity index (χ4n) is 8.62. The fraction of sp³-hybridized carbons (Fsp3) is 0.946. The predicted octanol–water partition coefficient (Wildman–Crippen LogP) is 18.4. The van der Waals surface area contributed by atoms with Crippen LogP contribution < -0.4 is 0 Å². The molecule has 1 atom stereocenters. The summed E-state index contributed by atoms with van der Waals surface area (Å²) in [4.78, 5) is 38.0. The van der Waals surface area contributed by atoms with E-state index in [-0.39, 0.29) is 31.1 Å². The zero-order valence-corrected chi connectivity index (χ0v) is 42.2. The molecule has 0 aliphatic rings. The van der Waals surface area contributed by atoms with Gasteiger partial charge >= 0.3 is 17.9 Å². The lowest BCUT2D eigenvalue weighted by atomic mass is 10.0. The van der Waals surface area contributed by atoms with Gasteiger partial charge in [-0.05, 0) is 19.3 Å². The van der Waals surface area contributed by atoms with E-state index in [2.05, 4.69) is 20.8 Å². The van der Waals surface area contributed by atoms with Crippen molar-refractivity contribution in [3.8, 4) is 0 Å². The topological polar surface area (TPSA) is 78.9 Å². The van der Waals surface area contributed by atoms with Crippen LogP contribution >= 0.6 is 0 Å². The molecule has 0 aliphatic heterocycles. The van der Waals surface area contributed by atoms with Gasteiger partial charge in [-0.25, -0.2) is 0 Å². The second-order valence-corrected chi connectivity index (χ2v) is 19.2. The van der Waals surface area contributed by atoms with Gasteiger partial charge in [0, 0.05) is 19.3 Å². The first-order valence-corrected chi connectivity index (χ1v) is 28.0. The van der Waals surface area contributed by atoms with Crippen LogP contribution in [-0.4, -0.2) is 37.2 Å². The van der Waals surface area contributed by atoms with Crippen molar-refractivity contribution in [2.45, 2.75) is 329 Å². The number of hydrogen-bond acceptors (Lipinski definition) is 6. The lowest BCUT2D eigenvalue weighted by Crippen LogP contribution is -2.30. The van der Waals surface area contributed by atoms with Crippen LogP contribution in [0.25, 0.3) is 0 Å². The Morgan fingerprint density at radius 2 is 0.435 bits per heavy atom. The molecule has 62 heavy (non-hydrogen) atoms. The van der Waals surface area contributed by atoms with E-state index in [9.17, 15) is 14.4 Å². The van der Waals surface area contributed by atoms with Crippen LogP contribution in [0.4, 0.5) is 0 Å². The van der Waals surface area contributed by atoms with Gasteiger partial charge in [-0.1, -0.05) is 284 Å². The van der Waals surface area contributed by atoms with Gasteiger partial charge in [0.2, 0.25) is 0 Å². The summed E-state index contributed by atoms with van der Waals surface area (Å²) < 4.78 is 16.8. The monoisotopic (exact) mass is 877 g/mol. The highest BCUT2D eigenvalue weighted by Crippen LogP contribution is 2.17. The first-order valence-electron chi connectivity index (χ1n) is 28.0. The van der Waals surface area contributed by atoms with Crippen LogP contribution in [0.1, 0.15) is 323 Å². The van der Waals surface area contributed by atoms with Crippen LogP contribution in [0.3, 0.4) is 0 Å². The normalized spacial score (nSPS) is 11.9. The summed E-state index contributed by atoms with van der Waals surface area (Å²) in [6, 6.07) is 0. The first-order chi connectivity index (χ1) is 30.5. The van der Waals surface area contributed by atoms with Crippen LogP contribution in [0.5, 0.6) is 0 Å². The maximum atomic E-state index is 12.8. The van der Waals surface area contributed by atoms with Gasteiger partial charge in [0.25, 0.3) is 0 Å². The van der Waals surface area contributed by atoms with Gasteiger partial charge in [-0.3, -0.25) is 14.4 Å². The average molecular weight is 877 g/mol. The minimum Gasteiger partial charge on any atom is -0.462 e. The van der Waals surface area contributed by atoms with E-state index >= 15 is 0 Å². The summed E-state index contributed by atoms with van der Waals surface area (Å²) in [7, 11) is 0. The van der Waals surface area contributed by atoms with E-state index in [0.29, 0.717) is 19.3 Å². The Hall–Kier alpha value is -1.59. The molecule has 6 nitrogen and oxygen atoms in total. The van der Waals surface area contributed by atoms with Crippen LogP contribution in [-0.2, 0) is 28.6 Å². The summed E-state index contributed by atoms with van der Waals surface area (Å²) in [5.74, 6) is -0.837. The molecule has 0 heterocycles. The average Bonchev–Trinajstić information content (AvgIpc) is 3.27. The van der Waals surface area contributed by atoms with Crippen molar-refractivity contribution < 1.29 is 28.6 Å². The standard InChI is InChI=1S/C56H108O6/c1-4-7-10-13-16-19-22-24-26-28-29-31-32-34-37-40-43-46-49-55(58)61-52-53(51-60-54(57)48-45-42-39-36-21-18-15-12-9-6-3)62-56(59)50-47-44-41-38-35-33-30-27-25-23-20-17-14-11-8-5-2/h53H,4-52H2,1-3H3. The van der Waals surface area contributed by atoms with Crippen molar-refractivity contribution in [1.82, 2.24) is 0 Å². The van der Waals surface area contributed by atoms with Crippen molar-refractivity contribution in [2.75, 3.05) is 13.2 Å². The van der Waals surface area contributed by atoms with E-state index in [1.807, 2.05) is 0 Å². The third-order valence-corrected chi connectivity index (χ3v) is 12.9. The molecular formula is C56H108O6. The van der Waals surface area contributed by atoms with Crippen molar-refractivity contribution in [3.63, 3.8) is 0 Å². The summed E-state index contributed by atoms with van der Waals surface area (Å²) in [6.07, 6.45) is 56.6. The molecule has 0 N–H and O–H groups in total. The lowest BCUT2D eigenvalue weighted by molar-refractivity contribution is -0.167.